The van der Waals surface area contributed by atoms with Crippen LogP contribution in [0.4, 0.5) is 95.6 Å². The molecule has 0 saturated heterocycles. The third kappa shape index (κ3) is 10.2. The van der Waals surface area contributed by atoms with E-state index in [-0.39, 0.29) is 46.5 Å². The predicted molar refractivity (Wildman–Crippen MR) is 215 cm³/mol. The summed E-state index contributed by atoms with van der Waals surface area (Å²) in [5, 5.41) is 15.3. The average Bonchev–Trinajstić information content (AvgIpc) is 3.69. The first-order chi connectivity index (χ1) is 29.0. The van der Waals surface area contributed by atoms with Crippen LogP contribution in [0, 0.1) is 26.3 Å². The molecule has 2 N–H and O–H groups in total. The van der Waals surface area contributed by atoms with E-state index in [4.69, 9.17) is 26.3 Å². The maximum Gasteiger partial charge on any atom is 0.516 e. The number of rotatable bonds is 11. The number of aryl methyl sites for hydroxylation is 1. The molecule has 0 amide bonds. The number of anilines is 4. The fourth-order valence-corrected chi connectivity index (χ4v) is 6.69. The molecule has 2 aromatic carbocycles. The zero-order chi connectivity index (χ0) is 46.4. The first-order valence-corrected chi connectivity index (χ1v) is 20.4. The van der Waals surface area contributed by atoms with Gasteiger partial charge in [0.15, 0.2) is 0 Å². The number of aromatic nitrogens is 4. The lowest BCUT2D eigenvalue weighted by Gasteiger charge is -2.28. The number of sulfonamides is 2. The number of hydrogen-bond donors (Lipinski definition) is 2. The smallest absolute Gasteiger partial charge is 0.374 e. The lowest BCUT2D eigenvalue weighted by atomic mass is 10.0. The van der Waals surface area contributed by atoms with Crippen molar-refractivity contribution < 1.29 is 43.2 Å². The lowest BCUT2D eigenvalue weighted by molar-refractivity contribution is -0.0435. The van der Waals surface area contributed by atoms with Crippen molar-refractivity contribution in [1.82, 2.24) is 19.1 Å². The van der Waals surface area contributed by atoms with Crippen molar-refractivity contribution >= 4 is 89.3 Å². The van der Waals surface area contributed by atoms with Crippen molar-refractivity contribution in [1.29, 1.82) is 0 Å². The maximum atomic E-state index is 12.9. The summed E-state index contributed by atoms with van der Waals surface area (Å²) < 4.78 is 129. The molecule has 3 heterocycles. The van der Waals surface area contributed by atoms with E-state index in [2.05, 4.69) is 49.8 Å². The normalized spacial score (nSPS) is 13.0. The number of halogens is 6. The van der Waals surface area contributed by atoms with Gasteiger partial charge in [-0.15, -0.1) is 10.2 Å². The Morgan fingerprint density at radius 2 is 1.18 bits per heavy atom. The molecule has 1 aliphatic rings. The molecular formula is C34H32F6N16O4S2. The Morgan fingerprint density at radius 3 is 1.60 bits per heavy atom. The summed E-state index contributed by atoms with van der Waals surface area (Å²) in [5.41, 5.74) is -10.4. The Balaban J connectivity index is 0.000000273. The number of hydrogen-bond acceptors (Lipinski definition) is 12. The number of imidazole rings is 2. The van der Waals surface area contributed by atoms with E-state index in [0.717, 1.165) is 12.0 Å². The summed E-state index contributed by atoms with van der Waals surface area (Å²) in [6.45, 7) is 33.7. The molecule has 5 rings (SSSR count). The molecule has 0 radical (unpaired) electrons. The minimum atomic E-state index is -5.70. The van der Waals surface area contributed by atoms with Crippen LogP contribution in [-0.2, 0) is 40.6 Å². The van der Waals surface area contributed by atoms with Crippen molar-refractivity contribution in [3.05, 3.63) is 81.6 Å². The molecule has 0 unspecified atom stereocenters. The van der Waals surface area contributed by atoms with Crippen LogP contribution in [-0.4, -0.2) is 73.6 Å². The number of benzene rings is 2. The topological polar surface area (TPSA) is 201 Å². The van der Waals surface area contributed by atoms with E-state index < -0.39 is 42.4 Å². The first kappa shape index (κ1) is 47.4. The van der Waals surface area contributed by atoms with Crippen LogP contribution in [0.1, 0.15) is 25.8 Å². The maximum absolute atomic E-state index is 12.9. The van der Waals surface area contributed by atoms with E-state index in [1.165, 1.54) is 56.9 Å². The standard InChI is InChI=1S/C17H15F3N8O2S.C17H17F3N8O2S/c1-21-14-15(22-2)28(4)16(23-14)25-24-11-8-10-6-5-7-27(3)13(10)9-12(11)26-31(29,30)17(18,19)20;1-6-28(7-2)11-8-9-12(13(10-11)26-31(29,30)17(18,19)20)24-25-16-23-14(21-3)15(22-4)27(16)5/h8-9,26H,5-7H2,3-4H3;8-10,26H,6-7H2,1-2,5H3. The van der Waals surface area contributed by atoms with Gasteiger partial charge >= 0.3 is 43.0 Å². The zero-order valence-corrected chi connectivity index (χ0v) is 34.5. The van der Waals surface area contributed by atoms with Gasteiger partial charge in [0.05, 0.1) is 25.5 Å². The number of fused-ring (bicyclic) bond motifs is 1. The summed E-state index contributed by atoms with van der Waals surface area (Å²) in [6.07, 6.45) is 1.43. The highest BCUT2D eigenvalue weighted by Gasteiger charge is 2.47. The van der Waals surface area contributed by atoms with Crippen LogP contribution in [0.5, 0.6) is 0 Å². The molecule has 0 fully saturated rings. The SMILES string of the molecule is [C-]#[N+]c1nc(N=Nc2cc3c(cc2NS(=O)(=O)C(F)(F)F)N(C)CCC3)n(C)c1[N+]#[C-].[C-]#[N+]c1nc(N=Nc2ccc(N(CC)CC)cc2NS(=O)(=O)C(F)(F)F)n(C)c1[N+]#[C-]. The molecule has 0 atom stereocenters. The molecule has 326 valence electrons. The summed E-state index contributed by atoms with van der Waals surface area (Å²) in [5.74, 6) is -0.836. The molecule has 62 heavy (non-hydrogen) atoms. The molecule has 20 nitrogen and oxygen atoms in total. The third-order valence-corrected chi connectivity index (χ3v) is 10.9. The van der Waals surface area contributed by atoms with E-state index in [1.54, 1.807) is 22.9 Å². The van der Waals surface area contributed by atoms with Crippen molar-refractivity contribution in [2.24, 2.45) is 34.6 Å². The lowest BCUT2D eigenvalue weighted by Crippen LogP contribution is -2.30. The Bertz CT molecular complexity index is 2820. The van der Waals surface area contributed by atoms with Crippen molar-refractivity contribution in [2.45, 2.75) is 37.7 Å². The molecule has 1 aliphatic heterocycles. The van der Waals surface area contributed by atoms with Crippen LogP contribution in [0.15, 0.2) is 50.8 Å². The second-order valence-corrected chi connectivity index (χ2v) is 15.9. The number of azo groups is 2. The Labute approximate surface area is 350 Å². The molecule has 0 saturated carbocycles. The van der Waals surface area contributed by atoms with Crippen molar-refractivity contribution in [3.8, 4) is 0 Å². The van der Waals surface area contributed by atoms with Crippen LogP contribution in [0.2, 0.25) is 0 Å². The van der Waals surface area contributed by atoms with Gasteiger partial charge in [-0.1, -0.05) is 46.5 Å². The van der Waals surface area contributed by atoms with E-state index in [9.17, 15) is 43.2 Å². The third-order valence-electron chi connectivity index (χ3n) is 8.72. The summed E-state index contributed by atoms with van der Waals surface area (Å²) in [6, 6.07) is 6.81. The minimum absolute atomic E-state index is 0.0750. The van der Waals surface area contributed by atoms with Gasteiger partial charge in [-0.3, -0.25) is 9.44 Å². The van der Waals surface area contributed by atoms with Crippen LogP contribution in [0.3, 0.4) is 0 Å². The summed E-state index contributed by atoms with van der Waals surface area (Å²) in [4.78, 5) is 23.9. The molecule has 0 spiro atoms. The van der Waals surface area contributed by atoms with E-state index in [0.29, 0.717) is 37.4 Å². The Morgan fingerprint density at radius 1 is 0.710 bits per heavy atom. The highest BCUT2D eigenvalue weighted by molar-refractivity contribution is 7.93. The van der Waals surface area contributed by atoms with Gasteiger partial charge in [-0.05, 0) is 62.6 Å². The monoisotopic (exact) mass is 906 g/mol. The fraction of sp³-hybridized carbons (Fsp3) is 0.353. The first-order valence-electron chi connectivity index (χ1n) is 17.4. The molecule has 28 heteroatoms. The second-order valence-electron chi connectivity index (χ2n) is 12.6. The van der Waals surface area contributed by atoms with E-state index in [1.807, 2.05) is 13.8 Å². The van der Waals surface area contributed by atoms with Crippen molar-refractivity contribution in [2.75, 3.05) is 45.9 Å². The van der Waals surface area contributed by atoms with E-state index >= 15 is 0 Å². The number of nitrogens with one attached hydrogen (secondary N) is 2. The van der Waals surface area contributed by atoms with Crippen LogP contribution >= 0.6 is 0 Å². The molecule has 0 aliphatic carbocycles. The molecule has 4 aromatic rings. The van der Waals surface area contributed by atoms with Crippen LogP contribution < -0.4 is 19.2 Å². The molecular weight excluding hydrogens is 875 g/mol. The minimum Gasteiger partial charge on any atom is -0.374 e. The predicted octanol–water partition coefficient (Wildman–Crippen LogP) is 9.63. The second kappa shape index (κ2) is 18.5. The average molecular weight is 907 g/mol. The highest BCUT2D eigenvalue weighted by atomic mass is 32.2. The van der Waals surface area contributed by atoms with Crippen molar-refractivity contribution in [3.63, 3.8) is 0 Å². The zero-order valence-electron chi connectivity index (χ0n) is 32.9. The number of nitrogens with zero attached hydrogens (tertiary/aromatic N) is 14. The van der Waals surface area contributed by atoms with Gasteiger partial charge in [-0.2, -0.15) is 43.2 Å². The van der Waals surface area contributed by atoms with Gasteiger partial charge in [0.2, 0.25) is 0 Å². The van der Waals surface area contributed by atoms with Gasteiger partial charge < -0.3 is 29.2 Å². The molecule has 2 aromatic heterocycles. The largest absolute Gasteiger partial charge is 0.516 e. The van der Waals surface area contributed by atoms with Gasteiger partial charge in [-0.25, -0.2) is 9.13 Å². The molecule has 0 bridgehead atoms. The van der Waals surface area contributed by atoms with Gasteiger partial charge in [0.25, 0.3) is 23.3 Å². The Hall–Kier alpha value is -7.30. The Kier molecular flexibility index (Phi) is 14.2. The highest BCUT2D eigenvalue weighted by Crippen LogP contribution is 2.41. The summed E-state index contributed by atoms with van der Waals surface area (Å²) in [7, 11) is -6.80. The van der Waals surface area contributed by atoms with Gasteiger partial charge in [0, 0.05) is 38.1 Å². The van der Waals surface area contributed by atoms with Crippen LogP contribution in [0.25, 0.3) is 19.4 Å². The quantitative estimate of drug-likeness (QED) is 0.0841. The number of alkyl halides is 6. The summed E-state index contributed by atoms with van der Waals surface area (Å²) >= 11 is 0. The van der Waals surface area contributed by atoms with Gasteiger partial charge in [0.1, 0.15) is 11.4 Å². The fourth-order valence-electron chi connectivity index (χ4n) is 5.56.